The Bertz CT molecular complexity index is 1200. The molecule has 0 amide bonds. The molecule has 0 radical (unpaired) electrons. The first-order valence-electron chi connectivity index (χ1n) is 7.31. The highest BCUT2D eigenvalue weighted by atomic mass is 79.9. The van der Waals surface area contributed by atoms with Gasteiger partial charge in [0, 0.05) is 45.9 Å². The molecule has 6 nitrogen and oxygen atoms in total. The summed E-state index contributed by atoms with van der Waals surface area (Å²) in [6, 6.07) is 6.74. The van der Waals surface area contributed by atoms with E-state index in [1.54, 1.807) is 36.3 Å². The van der Waals surface area contributed by atoms with E-state index in [0.717, 1.165) is 10.2 Å². The van der Waals surface area contributed by atoms with Crippen LogP contribution in [0.5, 0.6) is 0 Å². The predicted molar refractivity (Wildman–Crippen MR) is 104 cm³/mol. The normalized spacial score (nSPS) is 11.4. The van der Waals surface area contributed by atoms with Crippen LogP contribution in [-0.4, -0.2) is 18.8 Å². The van der Waals surface area contributed by atoms with Crippen LogP contribution in [0.25, 0.3) is 10.6 Å². The standard InChI is InChI=1S/C16H11BrN4O2S2/c17-10-1-2-13-18-11(5-15(23)21(13)7-10)8-24-9-12-6-14(22)20-3-4-25-16(20)19-12/h1-7H,8-9H2. The van der Waals surface area contributed by atoms with Crippen molar-refractivity contribution in [2.45, 2.75) is 11.5 Å². The van der Waals surface area contributed by atoms with Crippen molar-refractivity contribution in [3.05, 3.63) is 78.6 Å². The number of pyridine rings is 1. The summed E-state index contributed by atoms with van der Waals surface area (Å²) in [7, 11) is 0. The average molecular weight is 435 g/mol. The Kier molecular flexibility index (Phi) is 4.45. The monoisotopic (exact) mass is 434 g/mol. The highest BCUT2D eigenvalue weighted by molar-refractivity contribution is 9.10. The first-order chi connectivity index (χ1) is 12.1. The molecule has 0 unspecified atom stereocenters. The molecule has 0 bridgehead atoms. The van der Waals surface area contributed by atoms with Gasteiger partial charge in [-0.15, -0.1) is 23.1 Å². The van der Waals surface area contributed by atoms with Gasteiger partial charge in [-0.25, -0.2) is 9.97 Å². The summed E-state index contributed by atoms with van der Waals surface area (Å²) in [6.45, 7) is 0. The zero-order valence-corrected chi connectivity index (χ0v) is 16.0. The number of halogens is 1. The molecular formula is C16H11BrN4O2S2. The largest absolute Gasteiger partial charge is 0.269 e. The molecule has 0 aliphatic carbocycles. The van der Waals surface area contributed by atoms with Crippen LogP contribution in [0.2, 0.25) is 0 Å². The van der Waals surface area contributed by atoms with Gasteiger partial charge in [-0.05, 0) is 28.1 Å². The van der Waals surface area contributed by atoms with Crippen LogP contribution in [0.4, 0.5) is 0 Å². The molecular weight excluding hydrogens is 424 g/mol. The zero-order chi connectivity index (χ0) is 17.4. The number of nitrogens with zero attached hydrogens (tertiary/aromatic N) is 4. The average Bonchev–Trinajstić information content (AvgIpc) is 3.05. The van der Waals surface area contributed by atoms with Crippen molar-refractivity contribution in [3.63, 3.8) is 0 Å². The number of aromatic nitrogens is 4. The van der Waals surface area contributed by atoms with Crippen molar-refractivity contribution in [1.82, 2.24) is 18.8 Å². The van der Waals surface area contributed by atoms with Crippen molar-refractivity contribution in [2.75, 3.05) is 0 Å². The van der Waals surface area contributed by atoms with Gasteiger partial charge < -0.3 is 0 Å². The molecule has 4 rings (SSSR count). The van der Waals surface area contributed by atoms with E-state index in [1.807, 2.05) is 11.4 Å². The van der Waals surface area contributed by atoms with E-state index in [9.17, 15) is 9.59 Å². The second-order valence-electron chi connectivity index (χ2n) is 5.30. The maximum Gasteiger partial charge on any atom is 0.258 e. The summed E-state index contributed by atoms with van der Waals surface area (Å²) in [6.07, 6.45) is 3.42. The molecule has 4 aromatic heterocycles. The Morgan fingerprint density at radius 3 is 2.56 bits per heavy atom. The van der Waals surface area contributed by atoms with E-state index >= 15 is 0 Å². The van der Waals surface area contributed by atoms with Crippen LogP contribution in [0, 0.1) is 0 Å². The summed E-state index contributed by atoms with van der Waals surface area (Å²) in [5.74, 6) is 1.17. The number of hydrogen-bond donors (Lipinski definition) is 0. The molecule has 0 saturated heterocycles. The Morgan fingerprint density at radius 1 is 1.04 bits per heavy atom. The van der Waals surface area contributed by atoms with Gasteiger partial charge in [-0.1, -0.05) is 0 Å². The minimum atomic E-state index is -0.113. The third kappa shape index (κ3) is 3.39. The third-order valence-electron chi connectivity index (χ3n) is 3.53. The van der Waals surface area contributed by atoms with Crippen LogP contribution in [0.15, 0.2) is 56.1 Å². The van der Waals surface area contributed by atoms with Crippen LogP contribution >= 0.6 is 39.0 Å². The van der Waals surface area contributed by atoms with E-state index in [0.29, 0.717) is 27.8 Å². The summed E-state index contributed by atoms with van der Waals surface area (Å²) in [5.41, 5.74) is 1.88. The van der Waals surface area contributed by atoms with E-state index in [-0.39, 0.29) is 11.1 Å². The summed E-state index contributed by atoms with van der Waals surface area (Å²) in [5, 5.41) is 1.84. The number of thioether (sulfide) groups is 1. The number of hydrogen-bond acceptors (Lipinski definition) is 6. The number of rotatable bonds is 4. The lowest BCUT2D eigenvalue weighted by molar-refractivity contribution is 1.01. The molecule has 4 aromatic rings. The van der Waals surface area contributed by atoms with Crippen molar-refractivity contribution in [1.29, 1.82) is 0 Å². The Morgan fingerprint density at radius 2 is 1.76 bits per heavy atom. The van der Waals surface area contributed by atoms with Crippen molar-refractivity contribution in [2.24, 2.45) is 0 Å². The van der Waals surface area contributed by atoms with Gasteiger partial charge in [-0.2, -0.15) is 0 Å². The molecule has 0 N–H and O–H groups in total. The summed E-state index contributed by atoms with van der Waals surface area (Å²) < 4.78 is 3.86. The van der Waals surface area contributed by atoms with Gasteiger partial charge in [0.2, 0.25) is 0 Å². The SMILES string of the molecule is O=c1cc(CSCc2cc(=O)n3ccsc3n2)nc2ccc(Br)cn12. The second-order valence-corrected chi connectivity index (χ2v) is 8.07. The van der Waals surface area contributed by atoms with E-state index in [4.69, 9.17) is 0 Å². The fourth-order valence-electron chi connectivity index (χ4n) is 2.42. The molecule has 0 atom stereocenters. The third-order valence-corrected chi connectivity index (χ3v) is 5.76. The molecule has 0 spiro atoms. The molecule has 0 aliphatic rings. The van der Waals surface area contributed by atoms with Crippen LogP contribution < -0.4 is 11.1 Å². The van der Waals surface area contributed by atoms with E-state index in [2.05, 4.69) is 25.9 Å². The first-order valence-corrected chi connectivity index (χ1v) is 10.1. The molecule has 9 heteroatoms. The molecule has 0 aromatic carbocycles. The number of fused-ring (bicyclic) bond motifs is 2. The van der Waals surface area contributed by atoms with Gasteiger partial charge in [0.05, 0.1) is 11.4 Å². The minimum absolute atomic E-state index is 0.0745. The smallest absolute Gasteiger partial charge is 0.258 e. The van der Waals surface area contributed by atoms with Crippen LogP contribution in [-0.2, 0) is 11.5 Å². The fraction of sp³-hybridized carbons (Fsp3) is 0.125. The molecule has 0 saturated carbocycles. The first kappa shape index (κ1) is 16.5. The lowest BCUT2D eigenvalue weighted by Gasteiger charge is -2.05. The molecule has 25 heavy (non-hydrogen) atoms. The van der Waals surface area contributed by atoms with Crippen LogP contribution in [0.1, 0.15) is 11.4 Å². The van der Waals surface area contributed by atoms with E-state index < -0.39 is 0 Å². The quantitative estimate of drug-likeness (QED) is 0.493. The Balaban J connectivity index is 1.53. The molecule has 0 fully saturated rings. The maximum atomic E-state index is 12.2. The van der Waals surface area contributed by atoms with Gasteiger partial charge in [0.1, 0.15) is 5.65 Å². The summed E-state index contributed by atoms with van der Waals surface area (Å²) in [4.78, 5) is 33.8. The fourth-order valence-corrected chi connectivity index (χ4v) is 4.31. The Labute approximate surface area is 158 Å². The molecule has 0 aliphatic heterocycles. The van der Waals surface area contributed by atoms with E-state index in [1.165, 1.54) is 26.2 Å². The van der Waals surface area contributed by atoms with Crippen molar-refractivity contribution >= 4 is 49.6 Å². The predicted octanol–water partition coefficient (Wildman–Crippen LogP) is 2.96. The molecule has 126 valence electrons. The minimum Gasteiger partial charge on any atom is -0.269 e. The van der Waals surface area contributed by atoms with Gasteiger partial charge in [0.25, 0.3) is 11.1 Å². The maximum absolute atomic E-state index is 12.2. The Hall–Kier alpha value is -1.97. The second kappa shape index (κ2) is 6.74. The lowest BCUT2D eigenvalue weighted by Crippen LogP contribution is -2.15. The lowest BCUT2D eigenvalue weighted by atomic mass is 10.4. The van der Waals surface area contributed by atoms with Gasteiger partial charge >= 0.3 is 0 Å². The summed E-state index contributed by atoms with van der Waals surface area (Å²) >= 11 is 6.35. The zero-order valence-electron chi connectivity index (χ0n) is 12.8. The topological polar surface area (TPSA) is 68.7 Å². The molecule has 4 heterocycles. The van der Waals surface area contributed by atoms with Crippen LogP contribution in [0.3, 0.4) is 0 Å². The van der Waals surface area contributed by atoms with Crippen molar-refractivity contribution in [3.8, 4) is 0 Å². The van der Waals surface area contributed by atoms with Gasteiger partial charge in [0.15, 0.2) is 4.96 Å². The van der Waals surface area contributed by atoms with Gasteiger partial charge in [-0.3, -0.25) is 18.4 Å². The van der Waals surface area contributed by atoms with Crippen molar-refractivity contribution < 1.29 is 0 Å². The highest BCUT2D eigenvalue weighted by Crippen LogP contribution is 2.17. The highest BCUT2D eigenvalue weighted by Gasteiger charge is 2.06. The number of thiazole rings is 1.